The summed E-state index contributed by atoms with van der Waals surface area (Å²) in [4.78, 5) is 0. The van der Waals surface area contributed by atoms with Gasteiger partial charge in [-0.3, -0.25) is 0 Å². The van der Waals surface area contributed by atoms with Gasteiger partial charge < -0.3 is 10.5 Å². The second kappa shape index (κ2) is 5.07. The Bertz CT molecular complexity index is 367. The third kappa shape index (κ3) is 2.50. The molecule has 2 nitrogen and oxygen atoms in total. The van der Waals surface area contributed by atoms with Crippen LogP contribution in [0, 0.1) is 0 Å². The van der Waals surface area contributed by atoms with Crippen molar-refractivity contribution >= 4 is 11.6 Å². The minimum Gasteiger partial charge on any atom is -0.490 e. The number of halogens is 1. The fourth-order valence-corrected chi connectivity index (χ4v) is 2.34. The standard InChI is InChI=1S/C13H18ClNO/c1-2-3-4-10-8-12(15)11-7-9(14)5-6-13(11)16-10/h5-7,10,12H,2-4,8,15H2,1H3. The zero-order chi connectivity index (χ0) is 11.5. The Kier molecular flexibility index (Phi) is 3.72. The van der Waals surface area contributed by atoms with Gasteiger partial charge in [0.15, 0.2) is 0 Å². The van der Waals surface area contributed by atoms with Crippen LogP contribution in [0.1, 0.15) is 44.2 Å². The highest BCUT2D eigenvalue weighted by molar-refractivity contribution is 6.30. The highest BCUT2D eigenvalue weighted by Gasteiger charge is 2.25. The van der Waals surface area contributed by atoms with Crippen molar-refractivity contribution in [3.05, 3.63) is 28.8 Å². The van der Waals surface area contributed by atoms with Crippen LogP contribution in [0.15, 0.2) is 18.2 Å². The molecule has 0 aromatic heterocycles. The Morgan fingerprint density at radius 1 is 1.50 bits per heavy atom. The lowest BCUT2D eigenvalue weighted by atomic mass is 9.95. The summed E-state index contributed by atoms with van der Waals surface area (Å²) in [5.41, 5.74) is 7.18. The molecule has 0 fully saturated rings. The van der Waals surface area contributed by atoms with Crippen molar-refractivity contribution in [3.8, 4) is 5.75 Å². The molecular weight excluding hydrogens is 222 g/mol. The van der Waals surface area contributed by atoms with Gasteiger partial charge in [0.25, 0.3) is 0 Å². The van der Waals surface area contributed by atoms with Gasteiger partial charge in [-0.25, -0.2) is 0 Å². The molecule has 1 aliphatic heterocycles. The van der Waals surface area contributed by atoms with Crippen molar-refractivity contribution in [2.45, 2.75) is 44.8 Å². The van der Waals surface area contributed by atoms with Crippen LogP contribution in [-0.4, -0.2) is 6.10 Å². The van der Waals surface area contributed by atoms with Crippen molar-refractivity contribution in [1.82, 2.24) is 0 Å². The minimum atomic E-state index is 0.0595. The first-order valence-electron chi connectivity index (χ1n) is 5.92. The van der Waals surface area contributed by atoms with Crippen LogP contribution in [0.2, 0.25) is 5.02 Å². The third-order valence-electron chi connectivity index (χ3n) is 3.06. The van der Waals surface area contributed by atoms with E-state index >= 15 is 0 Å². The first-order chi connectivity index (χ1) is 7.70. The molecule has 2 rings (SSSR count). The van der Waals surface area contributed by atoms with E-state index in [-0.39, 0.29) is 12.1 Å². The van der Waals surface area contributed by atoms with E-state index < -0.39 is 0 Å². The van der Waals surface area contributed by atoms with Gasteiger partial charge in [0.1, 0.15) is 11.9 Å². The predicted octanol–water partition coefficient (Wildman–Crippen LogP) is 3.68. The molecule has 0 saturated carbocycles. The highest BCUT2D eigenvalue weighted by atomic mass is 35.5. The maximum atomic E-state index is 6.14. The molecule has 0 amide bonds. The molecule has 0 bridgehead atoms. The summed E-state index contributed by atoms with van der Waals surface area (Å²) in [7, 11) is 0. The number of unbranched alkanes of at least 4 members (excludes halogenated alkanes) is 1. The minimum absolute atomic E-state index is 0.0595. The third-order valence-corrected chi connectivity index (χ3v) is 3.30. The fraction of sp³-hybridized carbons (Fsp3) is 0.538. The van der Waals surface area contributed by atoms with E-state index in [1.165, 1.54) is 12.8 Å². The summed E-state index contributed by atoms with van der Waals surface area (Å²) in [6, 6.07) is 5.76. The lowest BCUT2D eigenvalue weighted by molar-refractivity contribution is 0.147. The zero-order valence-corrected chi connectivity index (χ0v) is 10.3. The van der Waals surface area contributed by atoms with Crippen molar-refractivity contribution in [1.29, 1.82) is 0 Å². The van der Waals surface area contributed by atoms with E-state index in [9.17, 15) is 0 Å². The highest BCUT2D eigenvalue weighted by Crippen LogP contribution is 2.36. The SMILES string of the molecule is CCCCC1CC(N)c2cc(Cl)ccc2O1. The topological polar surface area (TPSA) is 35.2 Å². The van der Waals surface area contributed by atoms with Gasteiger partial charge in [-0.1, -0.05) is 31.4 Å². The molecule has 2 N–H and O–H groups in total. The monoisotopic (exact) mass is 239 g/mol. The van der Waals surface area contributed by atoms with Crippen LogP contribution < -0.4 is 10.5 Å². The van der Waals surface area contributed by atoms with Crippen LogP contribution in [-0.2, 0) is 0 Å². The second-order valence-electron chi connectivity index (χ2n) is 4.41. The van der Waals surface area contributed by atoms with E-state index in [4.69, 9.17) is 22.1 Å². The average molecular weight is 240 g/mol. The van der Waals surface area contributed by atoms with Crippen LogP contribution in [0.3, 0.4) is 0 Å². The molecule has 0 aliphatic carbocycles. The maximum absolute atomic E-state index is 6.14. The molecule has 0 radical (unpaired) electrons. The van der Waals surface area contributed by atoms with Crippen LogP contribution >= 0.6 is 11.6 Å². The molecule has 88 valence electrons. The van der Waals surface area contributed by atoms with E-state index in [1.807, 2.05) is 18.2 Å². The Hall–Kier alpha value is -0.730. The molecule has 0 saturated heterocycles. The molecule has 3 heteroatoms. The van der Waals surface area contributed by atoms with Gasteiger partial charge in [0.2, 0.25) is 0 Å². The molecule has 1 heterocycles. The Labute approximate surface area is 102 Å². The molecule has 2 unspecified atom stereocenters. The molecule has 2 atom stereocenters. The number of benzene rings is 1. The number of hydrogen-bond donors (Lipinski definition) is 1. The van der Waals surface area contributed by atoms with Crippen molar-refractivity contribution in [2.24, 2.45) is 5.73 Å². The smallest absolute Gasteiger partial charge is 0.124 e. The summed E-state index contributed by atoms with van der Waals surface area (Å²) >= 11 is 5.95. The Morgan fingerprint density at radius 3 is 3.06 bits per heavy atom. The largest absolute Gasteiger partial charge is 0.490 e. The quantitative estimate of drug-likeness (QED) is 0.873. The van der Waals surface area contributed by atoms with Crippen LogP contribution in [0.5, 0.6) is 5.75 Å². The van der Waals surface area contributed by atoms with E-state index in [0.29, 0.717) is 0 Å². The first kappa shape index (κ1) is 11.7. The summed E-state index contributed by atoms with van der Waals surface area (Å²) in [5, 5.41) is 0.727. The summed E-state index contributed by atoms with van der Waals surface area (Å²) < 4.78 is 5.92. The second-order valence-corrected chi connectivity index (χ2v) is 4.84. The lowest BCUT2D eigenvalue weighted by Gasteiger charge is -2.30. The Morgan fingerprint density at radius 2 is 2.31 bits per heavy atom. The van der Waals surface area contributed by atoms with Gasteiger partial charge in [0.05, 0.1) is 0 Å². The molecule has 1 aromatic rings. The lowest BCUT2D eigenvalue weighted by Crippen LogP contribution is -2.29. The average Bonchev–Trinajstić information content (AvgIpc) is 2.27. The van der Waals surface area contributed by atoms with Crippen LogP contribution in [0.25, 0.3) is 0 Å². The molecular formula is C13H18ClNO. The van der Waals surface area contributed by atoms with Gasteiger partial charge in [-0.05, 0) is 24.6 Å². The van der Waals surface area contributed by atoms with E-state index in [0.717, 1.165) is 29.2 Å². The molecule has 16 heavy (non-hydrogen) atoms. The van der Waals surface area contributed by atoms with Crippen molar-refractivity contribution in [3.63, 3.8) is 0 Å². The number of nitrogens with two attached hydrogens (primary N) is 1. The molecule has 1 aromatic carbocycles. The number of hydrogen-bond acceptors (Lipinski definition) is 2. The summed E-state index contributed by atoms with van der Waals surface area (Å²) in [6.07, 6.45) is 4.64. The van der Waals surface area contributed by atoms with E-state index in [1.54, 1.807) is 0 Å². The van der Waals surface area contributed by atoms with Gasteiger partial charge in [0, 0.05) is 23.0 Å². The Balaban J connectivity index is 2.13. The molecule has 0 spiro atoms. The fourth-order valence-electron chi connectivity index (χ4n) is 2.16. The van der Waals surface area contributed by atoms with E-state index in [2.05, 4.69) is 6.92 Å². The van der Waals surface area contributed by atoms with Gasteiger partial charge in [-0.2, -0.15) is 0 Å². The van der Waals surface area contributed by atoms with Crippen LogP contribution in [0.4, 0.5) is 0 Å². The van der Waals surface area contributed by atoms with Gasteiger partial charge in [-0.15, -0.1) is 0 Å². The number of ether oxygens (including phenoxy) is 1. The summed E-state index contributed by atoms with van der Waals surface area (Å²) in [6.45, 7) is 2.19. The zero-order valence-electron chi connectivity index (χ0n) is 9.58. The number of rotatable bonds is 3. The van der Waals surface area contributed by atoms with Crippen molar-refractivity contribution in [2.75, 3.05) is 0 Å². The van der Waals surface area contributed by atoms with Crippen molar-refractivity contribution < 1.29 is 4.74 Å². The van der Waals surface area contributed by atoms with Gasteiger partial charge >= 0.3 is 0 Å². The number of fused-ring (bicyclic) bond motifs is 1. The molecule has 1 aliphatic rings. The first-order valence-corrected chi connectivity index (χ1v) is 6.30. The normalized spacial score (nSPS) is 23.7. The summed E-state index contributed by atoms with van der Waals surface area (Å²) in [5.74, 6) is 0.907. The maximum Gasteiger partial charge on any atom is 0.124 e. The predicted molar refractivity (Wildman–Crippen MR) is 66.9 cm³/mol.